The van der Waals surface area contributed by atoms with Crippen LogP contribution in [0.4, 0.5) is 0 Å². The molecule has 1 aromatic heterocycles. The van der Waals surface area contributed by atoms with Crippen LogP contribution in [-0.4, -0.2) is 16.6 Å². The van der Waals surface area contributed by atoms with Crippen LogP contribution in [-0.2, 0) is 17.6 Å². The highest BCUT2D eigenvalue weighted by atomic mass is 32.1. The van der Waals surface area contributed by atoms with Crippen molar-refractivity contribution in [2.24, 2.45) is 0 Å². The highest BCUT2D eigenvalue weighted by Gasteiger charge is 2.12. The van der Waals surface area contributed by atoms with E-state index in [1.165, 1.54) is 16.9 Å². The molecule has 0 aliphatic rings. The Morgan fingerprint density at radius 1 is 0.963 bits per heavy atom. The molecule has 3 rings (SSSR count). The molecule has 138 valence electrons. The van der Waals surface area contributed by atoms with Gasteiger partial charge < -0.3 is 0 Å². The minimum absolute atomic E-state index is 0.0421. The average molecular weight is 378 g/mol. The summed E-state index contributed by atoms with van der Waals surface area (Å²) in [5, 5.41) is 2.82. The summed E-state index contributed by atoms with van der Waals surface area (Å²) >= 11 is 1.51. The molecule has 0 aliphatic heterocycles. The van der Waals surface area contributed by atoms with Crippen LogP contribution in [0.5, 0.6) is 0 Å². The molecule has 0 amide bonds. The van der Waals surface area contributed by atoms with Crippen molar-refractivity contribution in [1.82, 2.24) is 4.98 Å². The quantitative estimate of drug-likeness (QED) is 0.512. The summed E-state index contributed by atoms with van der Waals surface area (Å²) in [4.78, 5) is 28.3. The number of benzene rings is 2. The summed E-state index contributed by atoms with van der Waals surface area (Å²) < 4.78 is 0. The largest absolute Gasteiger partial charge is 0.300 e. The Morgan fingerprint density at radius 3 is 2.22 bits per heavy atom. The number of aromatic nitrogens is 1. The first-order chi connectivity index (χ1) is 12.9. The molecular formula is C23H23NO2S. The Balaban J connectivity index is 1.68. The fraction of sp³-hybridized carbons (Fsp3) is 0.261. The van der Waals surface area contributed by atoms with Crippen LogP contribution in [0.15, 0.2) is 53.9 Å². The SMILES string of the molecule is CC(=O)Cc1ccc(C(=O)Cc2nc(-c3ccc(C(C)C)cc3)cs2)cc1. The number of carbonyl (C=O) groups excluding carboxylic acids is 2. The van der Waals surface area contributed by atoms with Crippen molar-refractivity contribution in [1.29, 1.82) is 0 Å². The third-order valence-electron chi connectivity index (χ3n) is 4.47. The molecule has 1 heterocycles. The predicted octanol–water partition coefficient (Wildman–Crippen LogP) is 5.49. The van der Waals surface area contributed by atoms with Crippen molar-refractivity contribution < 1.29 is 9.59 Å². The third kappa shape index (κ3) is 4.98. The number of nitrogens with zero attached hydrogens (tertiary/aromatic N) is 1. The van der Waals surface area contributed by atoms with Gasteiger partial charge in [-0.15, -0.1) is 11.3 Å². The number of Topliss-reactive ketones (excluding diaryl/α,β-unsaturated/α-hetero) is 2. The minimum atomic E-state index is 0.0421. The van der Waals surface area contributed by atoms with E-state index in [0.29, 0.717) is 24.3 Å². The molecule has 0 spiro atoms. The summed E-state index contributed by atoms with van der Waals surface area (Å²) in [5.41, 5.74) is 4.87. The normalized spacial score (nSPS) is 11.0. The molecule has 2 aromatic carbocycles. The number of ketones is 2. The lowest BCUT2D eigenvalue weighted by atomic mass is 10.0. The minimum Gasteiger partial charge on any atom is -0.300 e. The van der Waals surface area contributed by atoms with E-state index >= 15 is 0 Å². The lowest BCUT2D eigenvalue weighted by Gasteiger charge is -2.05. The smallest absolute Gasteiger partial charge is 0.169 e. The molecule has 3 nitrogen and oxygen atoms in total. The van der Waals surface area contributed by atoms with Gasteiger partial charge in [-0.1, -0.05) is 62.4 Å². The van der Waals surface area contributed by atoms with Gasteiger partial charge in [0.25, 0.3) is 0 Å². The van der Waals surface area contributed by atoms with E-state index in [2.05, 4.69) is 43.1 Å². The van der Waals surface area contributed by atoms with Crippen LogP contribution >= 0.6 is 11.3 Å². The summed E-state index contributed by atoms with van der Waals surface area (Å²) in [6.07, 6.45) is 0.695. The average Bonchev–Trinajstić information content (AvgIpc) is 3.10. The molecular weight excluding hydrogens is 354 g/mol. The Hall–Kier alpha value is -2.59. The van der Waals surface area contributed by atoms with Gasteiger partial charge in [0.2, 0.25) is 0 Å². The van der Waals surface area contributed by atoms with Gasteiger partial charge in [-0.05, 0) is 24.0 Å². The zero-order valence-electron chi connectivity index (χ0n) is 15.9. The Morgan fingerprint density at radius 2 is 1.63 bits per heavy atom. The highest BCUT2D eigenvalue weighted by Crippen LogP contribution is 2.25. The van der Waals surface area contributed by atoms with E-state index in [4.69, 9.17) is 0 Å². The molecule has 0 bridgehead atoms. The number of rotatable bonds is 7. The first kappa shape index (κ1) is 19.2. The van der Waals surface area contributed by atoms with E-state index in [1.54, 1.807) is 19.1 Å². The molecule has 0 atom stereocenters. The highest BCUT2D eigenvalue weighted by molar-refractivity contribution is 7.10. The molecule has 0 radical (unpaired) electrons. The number of carbonyl (C=O) groups is 2. The molecule has 27 heavy (non-hydrogen) atoms. The zero-order valence-corrected chi connectivity index (χ0v) is 16.7. The molecule has 0 saturated heterocycles. The van der Waals surface area contributed by atoms with Crippen LogP contribution in [0, 0.1) is 0 Å². The van der Waals surface area contributed by atoms with Gasteiger partial charge in [-0.2, -0.15) is 0 Å². The van der Waals surface area contributed by atoms with Gasteiger partial charge in [0.05, 0.1) is 12.1 Å². The lowest BCUT2D eigenvalue weighted by molar-refractivity contribution is -0.116. The van der Waals surface area contributed by atoms with Crippen molar-refractivity contribution in [3.05, 3.63) is 75.6 Å². The monoisotopic (exact) mass is 377 g/mol. The summed E-state index contributed by atoms with van der Waals surface area (Å²) in [5.74, 6) is 0.663. The van der Waals surface area contributed by atoms with Crippen LogP contribution < -0.4 is 0 Å². The van der Waals surface area contributed by atoms with E-state index in [0.717, 1.165) is 21.8 Å². The summed E-state index contributed by atoms with van der Waals surface area (Å²) in [6, 6.07) is 15.7. The van der Waals surface area contributed by atoms with Gasteiger partial charge >= 0.3 is 0 Å². The molecule has 0 saturated carbocycles. The van der Waals surface area contributed by atoms with Crippen LogP contribution in [0.25, 0.3) is 11.3 Å². The maximum Gasteiger partial charge on any atom is 0.169 e. The van der Waals surface area contributed by atoms with E-state index in [9.17, 15) is 9.59 Å². The fourth-order valence-corrected chi connectivity index (χ4v) is 3.70. The second-order valence-electron chi connectivity index (χ2n) is 7.08. The van der Waals surface area contributed by atoms with Crippen LogP contribution in [0.1, 0.15) is 53.2 Å². The number of thiazole rings is 1. The number of hydrogen-bond acceptors (Lipinski definition) is 4. The van der Waals surface area contributed by atoms with E-state index < -0.39 is 0 Å². The molecule has 0 unspecified atom stereocenters. The van der Waals surface area contributed by atoms with Crippen LogP contribution in [0.2, 0.25) is 0 Å². The third-order valence-corrected chi connectivity index (χ3v) is 5.31. The molecule has 0 fully saturated rings. The van der Waals surface area contributed by atoms with Gasteiger partial charge in [0.15, 0.2) is 5.78 Å². The Labute approximate surface area is 164 Å². The van der Waals surface area contributed by atoms with Crippen molar-refractivity contribution in [3.8, 4) is 11.3 Å². The Bertz CT molecular complexity index is 937. The standard InChI is InChI=1S/C23H23NO2S/c1-15(2)18-8-10-19(11-9-18)21-14-27-23(24-21)13-22(26)20-6-4-17(5-7-20)12-16(3)25/h4-11,14-15H,12-13H2,1-3H3. The topological polar surface area (TPSA) is 47.0 Å². The lowest BCUT2D eigenvalue weighted by Crippen LogP contribution is -2.04. The fourth-order valence-electron chi connectivity index (χ4n) is 2.90. The van der Waals surface area contributed by atoms with Crippen molar-refractivity contribution >= 4 is 22.9 Å². The van der Waals surface area contributed by atoms with Crippen molar-refractivity contribution in [3.63, 3.8) is 0 Å². The molecule has 4 heteroatoms. The van der Waals surface area contributed by atoms with Crippen molar-refractivity contribution in [2.75, 3.05) is 0 Å². The second-order valence-corrected chi connectivity index (χ2v) is 8.02. The van der Waals surface area contributed by atoms with Crippen LogP contribution in [0.3, 0.4) is 0 Å². The second kappa shape index (κ2) is 8.40. The van der Waals surface area contributed by atoms with Gasteiger partial charge in [-0.25, -0.2) is 4.98 Å². The molecule has 0 aliphatic carbocycles. The molecule has 3 aromatic rings. The maximum absolute atomic E-state index is 12.5. The summed E-state index contributed by atoms with van der Waals surface area (Å²) in [6.45, 7) is 5.91. The first-order valence-electron chi connectivity index (χ1n) is 9.08. The summed E-state index contributed by atoms with van der Waals surface area (Å²) in [7, 11) is 0. The molecule has 0 N–H and O–H groups in total. The van der Waals surface area contributed by atoms with Crippen molar-refractivity contribution in [2.45, 2.75) is 39.5 Å². The maximum atomic E-state index is 12.5. The van der Waals surface area contributed by atoms with Gasteiger partial charge in [0.1, 0.15) is 10.8 Å². The Kier molecular flexibility index (Phi) is 5.97. The van der Waals surface area contributed by atoms with Gasteiger partial charge in [0, 0.05) is 22.9 Å². The predicted molar refractivity (Wildman–Crippen MR) is 111 cm³/mol. The van der Waals surface area contributed by atoms with E-state index in [1.807, 2.05) is 17.5 Å². The number of hydrogen-bond donors (Lipinski definition) is 0. The zero-order chi connectivity index (χ0) is 19.4. The van der Waals surface area contributed by atoms with E-state index in [-0.39, 0.29) is 11.6 Å². The first-order valence-corrected chi connectivity index (χ1v) is 9.96. The van der Waals surface area contributed by atoms with Gasteiger partial charge in [-0.3, -0.25) is 9.59 Å².